The van der Waals surface area contributed by atoms with Gasteiger partial charge in [-0.15, -0.1) is 0 Å². The fourth-order valence-electron chi connectivity index (χ4n) is 1.22. The van der Waals surface area contributed by atoms with Crippen LogP contribution in [0, 0.1) is 0 Å². The highest BCUT2D eigenvalue weighted by atomic mass is 16.5. The fourth-order valence-corrected chi connectivity index (χ4v) is 1.22. The minimum absolute atomic E-state index is 0.0514. The molecule has 0 aromatic carbocycles. The molecule has 0 atom stereocenters. The van der Waals surface area contributed by atoms with Crippen LogP contribution in [0.15, 0.2) is 0 Å². The highest BCUT2D eigenvalue weighted by molar-refractivity contribution is 5.73. The third-order valence-corrected chi connectivity index (χ3v) is 1.92. The van der Waals surface area contributed by atoms with Crippen molar-refractivity contribution in [2.24, 2.45) is 0 Å². The Hall–Kier alpha value is -1.10. The Labute approximate surface area is 90.8 Å². The van der Waals surface area contributed by atoms with Crippen molar-refractivity contribution in [3.63, 3.8) is 0 Å². The maximum atomic E-state index is 11.0. The van der Waals surface area contributed by atoms with Gasteiger partial charge in [-0.05, 0) is 13.0 Å². The van der Waals surface area contributed by atoms with Crippen molar-refractivity contribution in [3.05, 3.63) is 0 Å². The molecule has 1 N–H and O–H groups in total. The zero-order valence-corrected chi connectivity index (χ0v) is 9.71. The molecule has 0 aromatic heterocycles. The van der Waals surface area contributed by atoms with E-state index in [0.29, 0.717) is 13.1 Å². The Balaban J connectivity index is 3.82. The van der Waals surface area contributed by atoms with Gasteiger partial charge in [-0.1, -0.05) is 6.92 Å². The van der Waals surface area contributed by atoms with E-state index in [0.717, 1.165) is 13.0 Å². The molecular weight excluding hydrogens is 196 g/mol. The van der Waals surface area contributed by atoms with Gasteiger partial charge < -0.3 is 10.1 Å². The third kappa shape index (κ3) is 7.93. The third-order valence-electron chi connectivity index (χ3n) is 1.92. The number of rotatable bonds is 7. The first kappa shape index (κ1) is 13.9. The predicted molar refractivity (Wildman–Crippen MR) is 57.4 cm³/mol. The lowest BCUT2D eigenvalue weighted by molar-refractivity contribution is -0.141. The van der Waals surface area contributed by atoms with E-state index < -0.39 is 0 Å². The maximum absolute atomic E-state index is 11.0. The minimum atomic E-state index is -0.244. The Morgan fingerprint density at radius 1 is 1.33 bits per heavy atom. The number of methoxy groups -OCH3 is 1. The van der Waals surface area contributed by atoms with Crippen LogP contribution in [0.25, 0.3) is 0 Å². The van der Waals surface area contributed by atoms with E-state index in [4.69, 9.17) is 0 Å². The summed E-state index contributed by atoms with van der Waals surface area (Å²) >= 11 is 0. The van der Waals surface area contributed by atoms with Crippen LogP contribution in [0.2, 0.25) is 0 Å². The molecule has 15 heavy (non-hydrogen) atoms. The van der Waals surface area contributed by atoms with Crippen LogP contribution in [0.5, 0.6) is 0 Å². The maximum Gasteiger partial charge on any atom is 0.319 e. The monoisotopic (exact) mass is 216 g/mol. The van der Waals surface area contributed by atoms with Crippen molar-refractivity contribution in [1.29, 1.82) is 0 Å². The molecule has 0 rings (SSSR count). The molecule has 0 saturated heterocycles. The molecule has 88 valence electrons. The number of carbonyl (C=O) groups excluding carboxylic acids is 2. The lowest BCUT2D eigenvalue weighted by Gasteiger charge is -2.19. The Kier molecular flexibility index (Phi) is 7.62. The zero-order chi connectivity index (χ0) is 11.7. The molecule has 1 amide bonds. The molecular formula is C10H20N2O3. The SMILES string of the molecule is CCCN(CCNC(C)=O)CC(=O)OC. The summed E-state index contributed by atoms with van der Waals surface area (Å²) in [7, 11) is 1.38. The largest absolute Gasteiger partial charge is 0.468 e. The average Bonchev–Trinajstić information content (AvgIpc) is 2.17. The molecule has 0 radical (unpaired) electrons. The van der Waals surface area contributed by atoms with Crippen molar-refractivity contribution >= 4 is 11.9 Å². The molecule has 0 aliphatic carbocycles. The summed E-state index contributed by atoms with van der Waals surface area (Å²) in [6.07, 6.45) is 0.969. The molecule has 5 nitrogen and oxygen atoms in total. The highest BCUT2D eigenvalue weighted by Crippen LogP contribution is 1.91. The van der Waals surface area contributed by atoms with E-state index in [1.165, 1.54) is 14.0 Å². The summed E-state index contributed by atoms with van der Waals surface area (Å²) in [5, 5.41) is 2.69. The van der Waals surface area contributed by atoms with Gasteiger partial charge in [-0.25, -0.2) is 0 Å². The summed E-state index contributed by atoms with van der Waals surface area (Å²) < 4.78 is 4.59. The molecule has 0 unspecified atom stereocenters. The number of esters is 1. The summed E-state index contributed by atoms with van der Waals surface area (Å²) in [6.45, 7) is 5.86. The van der Waals surface area contributed by atoms with Gasteiger partial charge in [0, 0.05) is 20.0 Å². The summed E-state index contributed by atoms with van der Waals surface area (Å²) in [6, 6.07) is 0. The molecule has 0 fully saturated rings. The first-order chi connectivity index (χ1) is 7.10. The van der Waals surface area contributed by atoms with Gasteiger partial charge >= 0.3 is 5.97 Å². The highest BCUT2D eigenvalue weighted by Gasteiger charge is 2.09. The number of nitrogens with one attached hydrogen (secondary N) is 1. The van der Waals surface area contributed by atoms with E-state index in [1.807, 2.05) is 11.8 Å². The second-order valence-corrected chi connectivity index (χ2v) is 3.34. The molecule has 5 heteroatoms. The Morgan fingerprint density at radius 2 is 2.00 bits per heavy atom. The molecule has 0 spiro atoms. The van der Waals surface area contributed by atoms with Crippen molar-refractivity contribution in [1.82, 2.24) is 10.2 Å². The predicted octanol–water partition coefficient (Wildman–Crippen LogP) is 0.00750. The van der Waals surface area contributed by atoms with Gasteiger partial charge in [0.05, 0.1) is 13.7 Å². The van der Waals surface area contributed by atoms with E-state index in [1.54, 1.807) is 0 Å². The van der Waals surface area contributed by atoms with Gasteiger partial charge in [0.2, 0.25) is 5.91 Å². The second kappa shape index (κ2) is 8.23. The molecule has 0 bridgehead atoms. The second-order valence-electron chi connectivity index (χ2n) is 3.34. The Bertz CT molecular complexity index is 207. The van der Waals surface area contributed by atoms with Gasteiger partial charge in [0.15, 0.2) is 0 Å². The van der Waals surface area contributed by atoms with Crippen LogP contribution < -0.4 is 5.32 Å². The van der Waals surface area contributed by atoms with E-state index in [2.05, 4.69) is 10.1 Å². The fraction of sp³-hybridized carbons (Fsp3) is 0.800. The topological polar surface area (TPSA) is 58.6 Å². The average molecular weight is 216 g/mol. The lowest BCUT2D eigenvalue weighted by Crippen LogP contribution is -2.37. The quantitative estimate of drug-likeness (QED) is 0.609. The van der Waals surface area contributed by atoms with E-state index in [-0.39, 0.29) is 18.4 Å². The smallest absolute Gasteiger partial charge is 0.319 e. The standard InChI is InChI=1S/C10H20N2O3/c1-4-6-12(8-10(14)15-3)7-5-11-9(2)13/h4-8H2,1-3H3,(H,11,13). The number of nitrogens with zero attached hydrogens (tertiary/aromatic N) is 1. The first-order valence-electron chi connectivity index (χ1n) is 5.13. The summed E-state index contributed by atoms with van der Waals surface area (Å²) in [4.78, 5) is 23.6. The number of hydrogen-bond acceptors (Lipinski definition) is 4. The molecule has 0 heterocycles. The van der Waals surface area contributed by atoms with Crippen LogP contribution in [-0.4, -0.2) is 50.1 Å². The van der Waals surface area contributed by atoms with Crippen molar-refractivity contribution in [2.75, 3.05) is 33.3 Å². The van der Waals surface area contributed by atoms with Crippen LogP contribution >= 0.6 is 0 Å². The van der Waals surface area contributed by atoms with Crippen molar-refractivity contribution in [2.45, 2.75) is 20.3 Å². The van der Waals surface area contributed by atoms with Crippen LogP contribution in [0.4, 0.5) is 0 Å². The lowest BCUT2D eigenvalue weighted by atomic mass is 10.4. The van der Waals surface area contributed by atoms with E-state index >= 15 is 0 Å². The minimum Gasteiger partial charge on any atom is -0.468 e. The molecule has 0 aliphatic heterocycles. The summed E-state index contributed by atoms with van der Waals surface area (Å²) in [5.41, 5.74) is 0. The molecule has 0 aromatic rings. The van der Waals surface area contributed by atoms with Gasteiger partial charge in [-0.2, -0.15) is 0 Å². The van der Waals surface area contributed by atoms with Gasteiger partial charge in [0.25, 0.3) is 0 Å². The molecule has 0 saturated carbocycles. The van der Waals surface area contributed by atoms with Crippen molar-refractivity contribution < 1.29 is 14.3 Å². The number of amides is 1. The van der Waals surface area contributed by atoms with Gasteiger partial charge in [0.1, 0.15) is 0 Å². The number of hydrogen-bond donors (Lipinski definition) is 1. The normalized spacial score (nSPS) is 10.1. The van der Waals surface area contributed by atoms with Gasteiger partial charge in [-0.3, -0.25) is 14.5 Å². The zero-order valence-electron chi connectivity index (χ0n) is 9.71. The number of ether oxygens (including phenoxy) is 1. The van der Waals surface area contributed by atoms with Crippen molar-refractivity contribution in [3.8, 4) is 0 Å². The van der Waals surface area contributed by atoms with Crippen LogP contribution in [0.1, 0.15) is 20.3 Å². The Morgan fingerprint density at radius 3 is 2.47 bits per heavy atom. The number of carbonyl (C=O) groups is 2. The first-order valence-corrected chi connectivity index (χ1v) is 5.13. The molecule has 0 aliphatic rings. The van der Waals surface area contributed by atoms with Crippen LogP contribution in [0.3, 0.4) is 0 Å². The van der Waals surface area contributed by atoms with E-state index in [9.17, 15) is 9.59 Å². The summed E-state index contributed by atoms with van der Waals surface area (Å²) in [5.74, 6) is -0.296. The van der Waals surface area contributed by atoms with Crippen LogP contribution in [-0.2, 0) is 14.3 Å².